The lowest BCUT2D eigenvalue weighted by Crippen LogP contribution is -2.44. The van der Waals surface area contributed by atoms with Gasteiger partial charge in [0.2, 0.25) is 0 Å². The topological polar surface area (TPSA) is 85.7 Å². The molecule has 0 heterocycles. The van der Waals surface area contributed by atoms with Crippen molar-refractivity contribution >= 4 is 5.96 Å². The average molecular weight is 264 g/mol. The Kier molecular flexibility index (Phi) is 6.74. The molecule has 5 N–H and O–H groups in total. The predicted molar refractivity (Wildman–Crippen MR) is 79.2 cm³/mol. The summed E-state index contributed by atoms with van der Waals surface area (Å²) >= 11 is 0. The quantitative estimate of drug-likeness (QED) is 0.510. The number of aliphatic imine (C=N–C) groups is 1. The molecule has 0 amide bonds. The van der Waals surface area contributed by atoms with Gasteiger partial charge in [-0.05, 0) is 24.1 Å². The Morgan fingerprint density at radius 3 is 2.58 bits per heavy atom. The zero-order chi connectivity index (χ0) is 14.1. The molecule has 106 valence electrons. The first kappa shape index (κ1) is 15.3. The highest BCUT2D eigenvalue weighted by Crippen LogP contribution is 2.11. The van der Waals surface area contributed by atoms with E-state index < -0.39 is 0 Å². The molecular weight excluding hydrogens is 240 g/mol. The fourth-order valence-corrected chi connectivity index (χ4v) is 1.76. The van der Waals surface area contributed by atoms with Crippen LogP contribution in [0.3, 0.4) is 0 Å². The van der Waals surface area contributed by atoms with Gasteiger partial charge in [0.1, 0.15) is 5.75 Å². The maximum Gasteiger partial charge on any atom is 0.189 e. The van der Waals surface area contributed by atoms with E-state index in [9.17, 15) is 0 Å². The lowest BCUT2D eigenvalue weighted by molar-refractivity contribution is 0.414. The third kappa shape index (κ3) is 5.61. The number of hydrogen-bond donors (Lipinski definition) is 3. The summed E-state index contributed by atoms with van der Waals surface area (Å²) < 4.78 is 5.10. The maximum atomic E-state index is 5.84. The normalized spacial score (nSPS) is 13.1. The SMILES string of the molecule is CCC[C@@H](CN)NC(N)=NCc1ccc(OC)cc1. The van der Waals surface area contributed by atoms with Crippen LogP contribution in [-0.2, 0) is 6.54 Å². The van der Waals surface area contributed by atoms with Crippen molar-refractivity contribution in [3.8, 4) is 5.75 Å². The second-order valence-electron chi connectivity index (χ2n) is 4.42. The van der Waals surface area contributed by atoms with Crippen molar-refractivity contribution in [3.63, 3.8) is 0 Å². The van der Waals surface area contributed by atoms with Gasteiger partial charge in [-0.1, -0.05) is 25.5 Å². The summed E-state index contributed by atoms with van der Waals surface area (Å²) in [5.41, 5.74) is 12.6. The van der Waals surface area contributed by atoms with Gasteiger partial charge in [0.15, 0.2) is 5.96 Å². The standard InChI is InChI=1S/C14H24N4O/c1-3-4-12(9-15)18-14(16)17-10-11-5-7-13(19-2)8-6-11/h5-8,12H,3-4,9-10,15H2,1-2H3,(H3,16,17,18)/t12-/m0/s1. The molecule has 0 unspecified atom stereocenters. The fraction of sp³-hybridized carbons (Fsp3) is 0.500. The first-order valence-corrected chi connectivity index (χ1v) is 6.59. The van der Waals surface area contributed by atoms with Gasteiger partial charge in [-0.3, -0.25) is 0 Å². The Bertz CT molecular complexity index is 389. The molecule has 1 aromatic carbocycles. The number of hydrogen-bond acceptors (Lipinski definition) is 3. The molecule has 0 saturated carbocycles. The van der Waals surface area contributed by atoms with Crippen LogP contribution < -0.4 is 21.5 Å². The first-order chi connectivity index (χ1) is 9.19. The van der Waals surface area contributed by atoms with Gasteiger partial charge in [-0.2, -0.15) is 0 Å². The van der Waals surface area contributed by atoms with Gasteiger partial charge in [-0.25, -0.2) is 4.99 Å². The van der Waals surface area contributed by atoms with Crippen LogP contribution in [0.1, 0.15) is 25.3 Å². The average Bonchev–Trinajstić information content (AvgIpc) is 2.45. The Labute approximate surface area is 115 Å². The number of benzene rings is 1. The monoisotopic (exact) mass is 264 g/mol. The molecule has 0 aliphatic heterocycles. The summed E-state index contributed by atoms with van der Waals surface area (Å²) in [5.74, 6) is 1.28. The second kappa shape index (κ2) is 8.37. The van der Waals surface area contributed by atoms with E-state index >= 15 is 0 Å². The van der Waals surface area contributed by atoms with E-state index in [2.05, 4.69) is 17.2 Å². The van der Waals surface area contributed by atoms with Gasteiger partial charge >= 0.3 is 0 Å². The Morgan fingerprint density at radius 2 is 2.05 bits per heavy atom. The zero-order valence-corrected chi connectivity index (χ0v) is 11.7. The Hall–Kier alpha value is -1.75. The molecule has 1 rings (SSSR count). The van der Waals surface area contributed by atoms with Crippen LogP contribution in [0.15, 0.2) is 29.3 Å². The molecule has 0 bridgehead atoms. The van der Waals surface area contributed by atoms with Crippen molar-refractivity contribution in [2.75, 3.05) is 13.7 Å². The summed E-state index contributed by atoms with van der Waals surface area (Å²) in [6, 6.07) is 7.97. The van der Waals surface area contributed by atoms with Crippen LogP contribution in [0, 0.1) is 0 Å². The summed E-state index contributed by atoms with van der Waals surface area (Å²) in [6.45, 7) is 3.23. The molecule has 0 spiro atoms. The van der Waals surface area contributed by atoms with Gasteiger partial charge in [-0.15, -0.1) is 0 Å². The van der Waals surface area contributed by atoms with E-state index in [1.54, 1.807) is 7.11 Å². The number of rotatable bonds is 7. The lowest BCUT2D eigenvalue weighted by Gasteiger charge is -2.16. The molecule has 0 aromatic heterocycles. The minimum atomic E-state index is 0.199. The van der Waals surface area contributed by atoms with Crippen LogP contribution in [0.5, 0.6) is 5.75 Å². The number of guanidine groups is 1. The van der Waals surface area contributed by atoms with E-state index in [0.29, 0.717) is 19.0 Å². The van der Waals surface area contributed by atoms with Crippen molar-refractivity contribution < 1.29 is 4.74 Å². The lowest BCUT2D eigenvalue weighted by atomic mass is 10.2. The van der Waals surface area contributed by atoms with E-state index in [-0.39, 0.29) is 6.04 Å². The second-order valence-corrected chi connectivity index (χ2v) is 4.42. The van der Waals surface area contributed by atoms with Gasteiger partial charge in [0.25, 0.3) is 0 Å². The summed E-state index contributed by atoms with van der Waals surface area (Å²) in [4.78, 5) is 4.31. The van der Waals surface area contributed by atoms with Crippen LogP contribution in [0.2, 0.25) is 0 Å². The third-order valence-corrected chi connectivity index (χ3v) is 2.86. The molecule has 0 aliphatic rings. The molecule has 0 saturated heterocycles. The molecule has 5 heteroatoms. The number of nitrogens with zero attached hydrogens (tertiary/aromatic N) is 1. The third-order valence-electron chi connectivity index (χ3n) is 2.86. The van der Waals surface area contributed by atoms with Gasteiger partial charge < -0.3 is 21.5 Å². The summed E-state index contributed by atoms with van der Waals surface area (Å²) in [6.07, 6.45) is 2.07. The predicted octanol–water partition coefficient (Wildman–Crippen LogP) is 1.23. The van der Waals surface area contributed by atoms with Crippen molar-refractivity contribution in [1.82, 2.24) is 5.32 Å². The van der Waals surface area contributed by atoms with Crippen LogP contribution in [-0.4, -0.2) is 25.7 Å². The molecule has 0 aliphatic carbocycles. The van der Waals surface area contributed by atoms with E-state index in [1.165, 1.54) is 0 Å². The summed E-state index contributed by atoms with van der Waals surface area (Å²) in [5, 5.41) is 3.14. The van der Waals surface area contributed by atoms with Crippen LogP contribution >= 0.6 is 0 Å². The minimum absolute atomic E-state index is 0.199. The first-order valence-electron chi connectivity index (χ1n) is 6.59. The zero-order valence-electron chi connectivity index (χ0n) is 11.7. The van der Waals surface area contributed by atoms with Crippen LogP contribution in [0.25, 0.3) is 0 Å². The molecule has 5 nitrogen and oxygen atoms in total. The molecule has 1 aromatic rings. The number of nitrogens with two attached hydrogens (primary N) is 2. The maximum absolute atomic E-state index is 5.84. The fourth-order valence-electron chi connectivity index (χ4n) is 1.76. The molecule has 0 radical (unpaired) electrons. The Morgan fingerprint density at radius 1 is 1.37 bits per heavy atom. The van der Waals surface area contributed by atoms with E-state index in [0.717, 1.165) is 24.2 Å². The van der Waals surface area contributed by atoms with Gasteiger partial charge in [0, 0.05) is 12.6 Å². The summed E-state index contributed by atoms with van der Waals surface area (Å²) in [7, 11) is 1.65. The smallest absolute Gasteiger partial charge is 0.189 e. The molecular formula is C14H24N4O. The van der Waals surface area contributed by atoms with Gasteiger partial charge in [0.05, 0.1) is 13.7 Å². The van der Waals surface area contributed by atoms with E-state index in [1.807, 2.05) is 24.3 Å². The van der Waals surface area contributed by atoms with Crippen molar-refractivity contribution in [2.24, 2.45) is 16.5 Å². The molecule has 0 fully saturated rings. The number of methoxy groups -OCH3 is 1. The highest BCUT2D eigenvalue weighted by atomic mass is 16.5. The highest BCUT2D eigenvalue weighted by Gasteiger charge is 2.05. The molecule has 1 atom stereocenters. The Balaban J connectivity index is 2.49. The van der Waals surface area contributed by atoms with Crippen LogP contribution in [0.4, 0.5) is 0 Å². The number of nitrogens with one attached hydrogen (secondary N) is 1. The number of ether oxygens (including phenoxy) is 1. The van der Waals surface area contributed by atoms with Crippen molar-refractivity contribution in [2.45, 2.75) is 32.4 Å². The minimum Gasteiger partial charge on any atom is -0.497 e. The van der Waals surface area contributed by atoms with Crippen molar-refractivity contribution in [3.05, 3.63) is 29.8 Å². The largest absolute Gasteiger partial charge is 0.497 e. The molecule has 19 heavy (non-hydrogen) atoms. The van der Waals surface area contributed by atoms with Crippen molar-refractivity contribution in [1.29, 1.82) is 0 Å². The highest BCUT2D eigenvalue weighted by molar-refractivity contribution is 5.78. The van der Waals surface area contributed by atoms with E-state index in [4.69, 9.17) is 16.2 Å².